The summed E-state index contributed by atoms with van der Waals surface area (Å²) in [5.41, 5.74) is 2.42. The first-order valence-corrected chi connectivity index (χ1v) is 13.9. The summed E-state index contributed by atoms with van der Waals surface area (Å²) < 4.78 is 32.0. The molecule has 0 atom stereocenters. The van der Waals surface area contributed by atoms with Crippen LogP contribution < -0.4 is 9.64 Å². The van der Waals surface area contributed by atoms with Gasteiger partial charge in [0.1, 0.15) is 11.3 Å². The second-order valence-corrected chi connectivity index (χ2v) is 11.2. The highest BCUT2D eigenvalue weighted by Crippen LogP contribution is 2.35. The summed E-state index contributed by atoms with van der Waals surface area (Å²) in [5, 5.41) is 0.532. The van der Waals surface area contributed by atoms with Crippen LogP contribution in [0.15, 0.2) is 71.8 Å². The van der Waals surface area contributed by atoms with Crippen molar-refractivity contribution in [3.05, 3.63) is 78.1 Å². The molecule has 0 saturated carbocycles. The zero-order valence-electron chi connectivity index (χ0n) is 19.7. The van der Waals surface area contributed by atoms with E-state index in [1.54, 1.807) is 35.4 Å². The molecule has 2 aromatic carbocycles. The summed E-state index contributed by atoms with van der Waals surface area (Å²) in [6.07, 6.45) is 1.96. The Morgan fingerprint density at radius 1 is 1.06 bits per heavy atom. The van der Waals surface area contributed by atoms with Crippen molar-refractivity contribution >= 4 is 42.4 Å². The zero-order chi connectivity index (χ0) is 24.8. The van der Waals surface area contributed by atoms with E-state index in [1.165, 1.54) is 11.3 Å². The van der Waals surface area contributed by atoms with Gasteiger partial charge in [-0.2, -0.15) is 0 Å². The number of aryl methyl sites for hydroxylation is 1. The SMILES string of the molecule is CCOc1cccc2sc(N(Cc3ccccn3)C(=O)CCCS(=O)(=O)c3ccc(C)cc3)nc12. The molecule has 2 aromatic heterocycles. The Morgan fingerprint density at radius 2 is 1.86 bits per heavy atom. The van der Waals surface area contributed by atoms with Crippen LogP contribution in [0.1, 0.15) is 31.0 Å². The Kier molecular flexibility index (Phi) is 7.77. The molecule has 0 aliphatic carbocycles. The van der Waals surface area contributed by atoms with Crippen molar-refractivity contribution in [3.8, 4) is 5.75 Å². The smallest absolute Gasteiger partial charge is 0.229 e. The fraction of sp³-hybridized carbons (Fsp3) is 0.269. The summed E-state index contributed by atoms with van der Waals surface area (Å²) in [5.74, 6) is 0.363. The molecule has 0 saturated heterocycles. The maximum atomic E-state index is 13.3. The Balaban J connectivity index is 1.55. The average molecular weight is 510 g/mol. The number of aromatic nitrogens is 2. The lowest BCUT2D eigenvalue weighted by Crippen LogP contribution is -2.30. The zero-order valence-corrected chi connectivity index (χ0v) is 21.3. The van der Waals surface area contributed by atoms with E-state index in [9.17, 15) is 13.2 Å². The lowest BCUT2D eigenvalue weighted by molar-refractivity contribution is -0.118. The molecule has 0 aliphatic rings. The Bertz CT molecular complexity index is 1400. The van der Waals surface area contributed by atoms with Crippen molar-refractivity contribution < 1.29 is 17.9 Å². The molecule has 1 amide bonds. The average Bonchev–Trinajstić information content (AvgIpc) is 3.28. The molecule has 0 unspecified atom stereocenters. The lowest BCUT2D eigenvalue weighted by Gasteiger charge is -2.19. The van der Waals surface area contributed by atoms with Crippen LogP contribution in [0.2, 0.25) is 0 Å². The molecule has 9 heteroatoms. The van der Waals surface area contributed by atoms with Crippen LogP contribution in [-0.2, 0) is 21.2 Å². The first-order chi connectivity index (χ1) is 16.9. The fourth-order valence-corrected chi connectivity index (χ4v) is 5.94. The topological polar surface area (TPSA) is 89.5 Å². The molecular formula is C26H27N3O4S2. The Labute approximate surface area is 209 Å². The van der Waals surface area contributed by atoms with Gasteiger partial charge in [-0.25, -0.2) is 13.4 Å². The first-order valence-electron chi connectivity index (χ1n) is 11.4. The number of ether oxygens (including phenoxy) is 1. The summed E-state index contributed by atoms with van der Waals surface area (Å²) in [7, 11) is -3.47. The first kappa shape index (κ1) is 24.8. The number of carbonyl (C=O) groups excluding carboxylic acids is 1. The predicted octanol–water partition coefficient (Wildman–Crippen LogP) is 5.19. The van der Waals surface area contributed by atoms with Gasteiger partial charge in [0.25, 0.3) is 0 Å². The van der Waals surface area contributed by atoms with Crippen molar-refractivity contribution in [1.82, 2.24) is 9.97 Å². The van der Waals surface area contributed by atoms with E-state index < -0.39 is 9.84 Å². The molecule has 0 fully saturated rings. The molecule has 0 N–H and O–H groups in total. The van der Waals surface area contributed by atoms with E-state index in [1.807, 2.05) is 50.2 Å². The predicted molar refractivity (Wildman–Crippen MR) is 139 cm³/mol. The van der Waals surface area contributed by atoms with Crippen molar-refractivity contribution in [2.24, 2.45) is 0 Å². The number of thiazole rings is 1. The van der Waals surface area contributed by atoms with Crippen molar-refractivity contribution in [2.45, 2.75) is 38.1 Å². The van der Waals surface area contributed by atoms with Gasteiger partial charge in [0.05, 0.1) is 34.2 Å². The van der Waals surface area contributed by atoms with E-state index in [4.69, 9.17) is 9.72 Å². The van der Waals surface area contributed by atoms with E-state index >= 15 is 0 Å². The Hall–Kier alpha value is -3.30. The fourth-order valence-electron chi connectivity index (χ4n) is 3.63. The number of benzene rings is 2. The number of para-hydroxylation sites is 1. The van der Waals surface area contributed by atoms with E-state index in [0.29, 0.717) is 23.0 Å². The maximum Gasteiger partial charge on any atom is 0.229 e. The van der Waals surface area contributed by atoms with Gasteiger partial charge in [-0.05, 0) is 56.7 Å². The van der Waals surface area contributed by atoms with Gasteiger partial charge in [-0.3, -0.25) is 14.7 Å². The molecule has 0 bridgehead atoms. The highest BCUT2D eigenvalue weighted by Gasteiger charge is 2.23. The molecular weight excluding hydrogens is 482 g/mol. The van der Waals surface area contributed by atoms with Gasteiger partial charge in [-0.1, -0.05) is 41.2 Å². The summed E-state index contributed by atoms with van der Waals surface area (Å²) in [4.78, 5) is 24.3. The second kappa shape index (κ2) is 11.0. The summed E-state index contributed by atoms with van der Waals surface area (Å²) in [6, 6.07) is 18.0. The number of amides is 1. The van der Waals surface area contributed by atoms with Crippen LogP contribution in [0, 0.1) is 6.92 Å². The van der Waals surface area contributed by atoms with Gasteiger partial charge in [0, 0.05) is 12.6 Å². The summed E-state index contributed by atoms with van der Waals surface area (Å²) in [6.45, 7) is 4.57. The third-order valence-electron chi connectivity index (χ3n) is 5.43. The largest absolute Gasteiger partial charge is 0.492 e. The van der Waals surface area contributed by atoms with Crippen molar-refractivity contribution in [2.75, 3.05) is 17.3 Å². The molecule has 2 heterocycles. The number of pyridine rings is 1. The number of anilines is 1. The van der Waals surface area contributed by atoms with Crippen molar-refractivity contribution in [3.63, 3.8) is 0 Å². The van der Waals surface area contributed by atoms with Gasteiger partial charge in [0.2, 0.25) is 5.91 Å². The lowest BCUT2D eigenvalue weighted by atomic mass is 10.2. The molecule has 4 aromatic rings. The van der Waals surface area contributed by atoms with Gasteiger partial charge in [0.15, 0.2) is 15.0 Å². The van der Waals surface area contributed by atoms with Crippen LogP contribution in [0.5, 0.6) is 5.75 Å². The number of fused-ring (bicyclic) bond motifs is 1. The third-order valence-corrected chi connectivity index (χ3v) is 8.29. The molecule has 35 heavy (non-hydrogen) atoms. The number of sulfone groups is 1. The molecule has 4 rings (SSSR count). The number of hydrogen-bond donors (Lipinski definition) is 0. The number of carbonyl (C=O) groups is 1. The molecule has 0 radical (unpaired) electrons. The standard InChI is InChI=1S/C26H27N3O4S2/c1-3-33-22-9-6-10-23-25(22)28-26(34-23)29(18-20-8-4-5-16-27-20)24(30)11-7-17-35(31,32)21-14-12-19(2)13-15-21/h4-6,8-10,12-16H,3,7,11,17-18H2,1-2H3. The highest BCUT2D eigenvalue weighted by molar-refractivity contribution is 7.91. The van der Waals surface area contributed by atoms with E-state index in [-0.39, 0.29) is 35.9 Å². The van der Waals surface area contributed by atoms with Gasteiger partial charge in [-0.15, -0.1) is 0 Å². The van der Waals surface area contributed by atoms with Crippen LogP contribution in [0.3, 0.4) is 0 Å². The number of hydrogen-bond acceptors (Lipinski definition) is 7. The molecule has 0 aliphatic heterocycles. The van der Waals surface area contributed by atoms with Crippen LogP contribution in [0.4, 0.5) is 5.13 Å². The number of nitrogens with zero attached hydrogens (tertiary/aromatic N) is 3. The summed E-state index contributed by atoms with van der Waals surface area (Å²) >= 11 is 1.40. The highest BCUT2D eigenvalue weighted by atomic mass is 32.2. The maximum absolute atomic E-state index is 13.3. The van der Waals surface area contributed by atoms with E-state index in [2.05, 4.69) is 4.98 Å². The normalized spacial score (nSPS) is 11.5. The van der Waals surface area contributed by atoms with Crippen LogP contribution >= 0.6 is 11.3 Å². The molecule has 7 nitrogen and oxygen atoms in total. The van der Waals surface area contributed by atoms with E-state index in [0.717, 1.165) is 16.0 Å². The van der Waals surface area contributed by atoms with Crippen molar-refractivity contribution in [1.29, 1.82) is 0 Å². The molecule has 182 valence electrons. The minimum Gasteiger partial charge on any atom is -0.492 e. The Morgan fingerprint density at radius 3 is 2.57 bits per heavy atom. The van der Waals surface area contributed by atoms with Gasteiger partial charge < -0.3 is 4.74 Å². The minimum absolute atomic E-state index is 0.0756. The monoisotopic (exact) mass is 509 g/mol. The van der Waals surface area contributed by atoms with Crippen LogP contribution in [-0.4, -0.2) is 36.7 Å². The third kappa shape index (κ3) is 6.04. The number of rotatable bonds is 10. The van der Waals surface area contributed by atoms with Gasteiger partial charge >= 0.3 is 0 Å². The second-order valence-electron chi connectivity index (χ2n) is 8.07. The van der Waals surface area contributed by atoms with Crippen LogP contribution in [0.25, 0.3) is 10.2 Å². The molecule has 0 spiro atoms. The quantitative estimate of drug-likeness (QED) is 0.292. The minimum atomic E-state index is -3.47.